The molecule has 2 aromatic heterocycles. The minimum absolute atomic E-state index is 0.0288. The molecular formula is C16H18N2OS. The van der Waals surface area contributed by atoms with Crippen LogP contribution in [0.2, 0.25) is 0 Å². The van der Waals surface area contributed by atoms with E-state index in [2.05, 4.69) is 17.2 Å². The van der Waals surface area contributed by atoms with Gasteiger partial charge in [0.25, 0.3) is 5.91 Å². The summed E-state index contributed by atoms with van der Waals surface area (Å²) in [4.78, 5) is 18.0. The Morgan fingerprint density at radius 1 is 1.50 bits per heavy atom. The lowest BCUT2D eigenvalue weighted by Gasteiger charge is -2.18. The van der Waals surface area contributed by atoms with Gasteiger partial charge in [0, 0.05) is 16.5 Å². The molecule has 0 aromatic carbocycles. The zero-order chi connectivity index (χ0) is 14.1. The fraction of sp³-hybridized carbons (Fsp3) is 0.375. The second-order valence-corrected chi connectivity index (χ2v) is 6.49. The number of amides is 1. The minimum atomic E-state index is -0.0288. The number of carbonyl (C=O) groups is 1. The Bertz CT molecular complexity index is 648. The van der Waals surface area contributed by atoms with Crippen molar-refractivity contribution in [1.29, 1.82) is 0 Å². The van der Waals surface area contributed by atoms with Gasteiger partial charge >= 0.3 is 0 Å². The second-order valence-electron chi connectivity index (χ2n) is 5.52. The highest BCUT2D eigenvalue weighted by Crippen LogP contribution is 2.33. The van der Waals surface area contributed by atoms with Crippen molar-refractivity contribution in [3.63, 3.8) is 0 Å². The van der Waals surface area contributed by atoms with Gasteiger partial charge in [-0.05, 0) is 49.3 Å². The van der Waals surface area contributed by atoms with Crippen molar-refractivity contribution in [2.45, 2.75) is 33.1 Å². The van der Waals surface area contributed by atoms with Gasteiger partial charge in [-0.2, -0.15) is 0 Å². The largest absolute Gasteiger partial charge is 0.306 e. The number of rotatable bonds is 2. The van der Waals surface area contributed by atoms with Crippen LogP contribution >= 0.6 is 11.3 Å². The van der Waals surface area contributed by atoms with Crippen molar-refractivity contribution < 1.29 is 4.79 Å². The zero-order valence-corrected chi connectivity index (χ0v) is 12.6. The number of hydrogen-bond acceptors (Lipinski definition) is 3. The topological polar surface area (TPSA) is 42.0 Å². The van der Waals surface area contributed by atoms with Gasteiger partial charge in [0.15, 0.2) is 0 Å². The molecular weight excluding hydrogens is 268 g/mol. The summed E-state index contributed by atoms with van der Waals surface area (Å²) in [6.07, 6.45) is 5.00. The molecule has 3 nitrogen and oxygen atoms in total. The zero-order valence-electron chi connectivity index (χ0n) is 11.8. The van der Waals surface area contributed by atoms with Gasteiger partial charge in [-0.15, -0.1) is 11.3 Å². The number of fused-ring (bicyclic) bond motifs is 1. The number of aromatic nitrogens is 1. The Balaban J connectivity index is 1.84. The maximum atomic E-state index is 12.4. The average Bonchev–Trinajstić information content (AvgIpc) is 2.84. The molecule has 0 fully saturated rings. The highest BCUT2D eigenvalue weighted by molar-refractivity contribution is 7.10. The Morgan fingerprint density at radius 3 is 3.15 bits per heavy atom. The Morgan fingerprint density at radius 2 is 2.35 bits per heavy atom. The van der Waals surface area contributed by atoms with Crippen LogP contribution in [0.15, 0.2) is 23.7 Å². The van der Waals surface area contributed by atoms with Gasteiger partial charge < -0.3 is 5.32 Å². The summed E-state index contributed by atoms with van der Waals surface area (Å²) in [5, 5.41) is 4.93. The molecule has 0 saturated carbocycles. The number of carbonyl (C=O) groups excluding carboxylic acids is 1. The molecule has 1 aliphatic carbocycles. The van der Waals surface area contributed by atoms with Crippen molar-refractivity contribution in [3.05, 3.63) is 45.3 Å². The molecule has 104 valence electrons. The third-order valence-corrected chi connectivity index (χ3v) is 4.94. The monoisotopic (exact) mass is 286 g/mol. The van der Waals surface area contributed by atoms with E-state index in [0.717, 1.165) is 29.9 Å². The molecule has 4 heteroatoms. The van der Waals surface area contributed by atoms with Gasteiger partial charge in [0.1, 0.15) is 5.82 Å². The Labute approximate surface area is 123 Å². The third-order valence-electron chi connectivity index (χ3n) is 3.89. The van der Waals surface area contributed by atoms with Crippen LogP contribution in [0.3, 0.4) is 0 Å². The Hall–Kier alpha value is -1.68. The predicted octanol–water partition coefficient (Wildman–Crippen LogP) is 3.83. The van der Waals surface area contributed by atoms with Crippen LogP contribution in [0, 0.1) is 12.8 Å². The lowest BCUT2D eigenvalue weighted by atomic mass is 9.88. The number of anilines is 1. The standard InChI is InChI=1S/C16H18N2OS/c1-10-5-6-12-13(9-20-14(12)8-10)16(19)18-15-11(2)4-3-7-17-15/h3-4,7,9-10H,5-6,8H2,1-2H3,(H,17,18,19). The quantitative estimate of drug-likeness (QED) is 0.911. The van der Waals surface area contributed by atoms with E-state index in [4.69, 9.17) is 0 Å². The van der Waals surface area contributed by atoms with Crippen LogP contribution in [0.4, 0.5) is 5.82 Å². The second kappa shape index (κ2) is 5.37. The first-order chi connectivity index (χ1) is 9.65. The van der Waals surface area contributed by atoms with Crippen LogP contribution < -0.4 is 5.32 Å². The summed E-state index contributed by atoms with van der Waals surface area (Å²) in [5.41, 5.74) is 3.07. The molecule has 0 radical (unpaired) electrons. The van der Waals surface area contributed by atoms with Gasteiger partial charge in [0.05, 0.1) is 5.56 Å². The molecule has 1 amide bonds. The summed E-state index contributed by atoms with van der Waals surface area (Å²) < 4.78 is 0. The molecule has 0 saturated heterocycles. The summed E-state index contributed by atoms with van der Waals surface area (Å²) in [6.45, 7) is 4.23. The van der Waals surface area contributed by atoms with Crippen molar-refractivity contribution >= 4 is 23.1 Å². The van der Waals surface area contributed by atoms with E-state index in [9.17, 15) is 4.79 Å². The van der Waals surface area contributed by atoms with Gasteiger partial charge in [0.2, 0.25) is 0 Å². The molecule has 0 aliphatic heterocycles. The molecule has 1 atom stereocenters. The van der Waals surface area contributed by atoms with Crippen molar-refractivity contribution in [2.75, 3.05) is 5.32 Å². The van der Waals surface area contributed by atoms with Gasteiger partial charge in [-0.25, -0.2) is 4.98 Å². The van der Waals surface area contributed by atoms with Crippen LogP contribution in [-0.2, 0) is 12.8 Å². The number of nitrogens with one attached hydrogen (secondary N) is 1. The van der Waals surface area contributed by atoms with Crippen LogP contribution in [0.25, 0.3) is 0 Å². The fourth-order valence-corrected chi connectivity index (χ4v) is 3.90. The molecule has 1 unspecified atom stereocenters. The van der Waals surface area contributed by atoms with Gasteiger partial charge in [-0.1, -0.05) is 13.0 Å². The highest BCUT2D eigenvalue weighted by Gasteiger charge is 2.23. The van der Waals surface area contributed by atoms with Crippen LogP contribution in [0.1, 0.15) is 39.7 Å². The highest BCUT2D eigenvalue weighted by atomic mass is 32.1. The molecule has 2 aromatic rings. The lowest BCUT2D eigenvalue weighted by molar-refractivity contribution is 0.102. The maximum Gasteiger partial charge on any atom is 0.257 e. The van der Waals surface area contributed by atoms with E-state index >= 15 is 0 Å². The summed E-state index contributed by atoms with van der Waals surface area (Å²) in [7, 11) is 0. The van der Waals surface area contributed by atoms with Crippen molar-refractivity contribution in [1.82, 2.24) is 4.98 Å². The number of hydrogen-bond donors (Lipinski definition) is 1. The third kappa shape index (κ3) is 2.48. The fourth-order valence-electron chi connectivity index (χ4n) is 2.66. The molecule has 1 aliphatic rings. The van der Waals surface area contributed by atoms with Crippen LogP contribution in [0.5, 0.6) is 0 Å². The summed E-state index contributed by atoms with van der Waals surface area (Å²) >= 11 is 1.72. The van der Waals surface area contributed by atoms with Crippen molar-refractivity contribution in [2.24, 2.45) is 5.92 Å². The number of thiophene rings is 1. The summed E-state index contributed by atoms with van der Waals surface area (Å²) in [5.74, 6) is 1.36. The van der Waals surface area contributed by atoms with E-state index in [1.165, 1.54) is 16.9 Å². The van der Waals surface area contributed by atoms with E-state index < -0.39 is 0 Å². The van der Waals surface area contributed by atoms with Crippen LogP contribution in [-0.4, -0.2) is 10.9 Å². The number of nitrogens with zero attached hydrogens (tertiary/aromatic N) is 1. The first-order valence-corrected chi connectivity index (χ1v) is 7.85. The molecule has 3 rings (SSSR count). The normalized spacial score (nSPS) is 17.6. The van der Waals surface area contributed by atoms with Gasteiger partial charge in [-0.3, -0.25) is 4.79 Å². The molecule has 20 heavy (non-hydrogen) atoms. The maximum absolute atomic E-state index is 12.4. The first kappa shape index (κ1) is 13.3. The minimum Gasteiger partial charge on any atom is -0.306 e. The van der Waals surface area contributed by atoms with Crippen molar-refractivity contribution in [3.8, 4) is 0 Å². The molecule has 2 heterocycles. The van der Waals surface area contributed by atoms with E-state index in [-0.39, 0.29) is 5.91 Å². The lowest BCUT2D eigenvalue weighted by Crippen LogP contribution is -2.17. The smallest absolute Gasteiger partial charge is 0.257 e. The molecule has 1 N–H and O–H groups in total. The number of aryl methyl sites for hydroxylation is 1. The summed E-state index contributed by atoms with van der Waals surface area (Å²) in [6, 6.07) is 3.83. The Kier molecular flexibility index (Phi) is 3.57. The van der Waals surface area contributed by atoms with E-state index in [1.54, 1.807) is 17.5 Å². The average molecular weight is 286 g/mol. The van der Waals surface area contributed by atoms with E-state index in [0.29, 0.717) is 5.82 Å². The number of pyridine rings is 1. The predicted molar refractivity (Wildman–Crippen MR) is 82.4 cm³/mol. The molecule has 0 spiro atoms. The van der Waals surface area contributed by atoms with E-state index in [1.807, 2.05) is 24.4 Å². The molecule has 0 bridgehead atoms. The first-order valence-electron chi connectivity index (χ1n) is 6.97. The SMILES string of the molecule is Cc1cccnc1NC(=O)c1csc2c1CCC(C)C2.